The average molecular weight is 344 g/mol. The van der Waals surface area contributed by atoms with Gasteiger partial charge in [-0.15, -0.1) is 0 Å². The first-order valence-electron chi connectivity index (χ1n) is 8.81. The molecule has 2 saturated heterocycles. The molecule has 25 heavy (non-hydrogen) atoms. The van der Waals surface area contributed by atoms with Crippen molar-refractivity contribution >= 4 is 5.91 Å². The highest BCUT2D eigenvalue weighted by atomic mass is 16.5. The molecule has 2 aromatic rings. The lowest BCUT2D eigenvalue weighted by atomic mass is 9.84. The van der Waals surface area contributed by atoms with Crippen LogP contribution in [0.1, 0.15) is 22.3 Å². The molecule has 4 heterocycles. The zero-order valence-corrected chi connectivity index (χ0v) is 14.4. The minimum atomic E-state index is -0.0915. The lowest BCUT2D eigenvalue weighted by Crippen LogP contribution is -2.45. The van der Waals surface area contributed by atoms with Crippen LogP contribution in [0, 0.1) is 11.8 Å². The highest BCUT2D eigenvalue weighted by molar-refractivity contribution is 5.93. The standard InChI is InChI=1S/C18H24N4O3/c1-21-9-15(6-20-21)18(23)19-7-17-16-10-22(4-2-14(16)12-25-17)8-13-3-5-24-11-13/h3,5-6,9,11,14,16-17H,2,4,7-8,10,12H2,1H3,(H,19,23)/t14-,16-,17+/m1/s1. The molecule has 0 spiro atoms. The monoisotopic (exact) mass is 344 g/mol. The van der Waals surface area contributed by atoms with Gasteiger partial charge in [0, 0.05) is 44.4 Å². The van der Waals surface area contributed by atoms with Gasteiger partial charge in [0.15, 0.2) is 0 Å². The molecule has 7 heteroatoms. The maximum Gasteiger partial charge on any atom is 0.254 e. The van der Waals surface area contributed by atoms with Crippen molar-refractivity contribution < 1.29 is 13.9 Å². The maximum atomic E-state index is 12.2. The van der Waals surface area contributed by atoms with E-state index in [-0.39, 0.29) is 12.0 Å². The Balaban J connectivity index is 1.32. The SMILES string of the molecule is Cn1cc(C(=O)NC[C@@H]2OC[C@H]3CCN(Cc4ccoc4)C[C@H]32)cn1. The summed E-state index contributed by atoms with van der Waals surface area (Å²) in [4.78, 5) is 14.7. The summed E-state index contributed by atoms with van der Waals surface area (Å²) in [6.07, 6.45) is 8.07. The number of nitrogens with one attached hydrogen (secondary N) is 1. The van der Waals surface area contributed by atoms with Gasteiger partial charge < -0.3 is 14.5 Å². The van der Waals surface area contributed by atoms with Gasteiger partial charge in [-0.1, -0.05) is 0 Å². The van der Waals surface area contributed by atoms with E-state index in [0.717, 1.165) is 32.7 Å². The van der Waals surface area contributed by atoms with E-state index >= 15 is 0 Å². The second-order valence-electron chi connectivity index (χ2n) is 7.06. The third-order valence-electron chi connectivity index (χ3n) is 5.31. The van der Waals surface area contributed by atoms with Crippen LogP contribution in [0.2, 0.25) is 0 Å². The zero-order chi connectivity index (χ0) is 17.2. The summed E-state index contributed by atoms with van der Waals surface area (Å²) in [5, 5.41) is 7.04. The Morgan fingerprint density at radius 3 is 3.16 bits per heavy atom. The molecule has 2 aliphatic rings. The number of nitrogens with zero attached hydrogens (tertiary/aromatic N) is 3. The Bertz CT molecular complexity index is 712. The molecule has 1 N–H and O–H groups in total. The van der Waals surface area contributed by atoms with Crippen LogP contribution in [-0.2, 0) is 18.3 Å². The number of hydrogen-bond acceptors (Lipinski definition) is 5. The van der Waals surface area contributed by atoms with Gasteiger partial charge >= 0.3 is 0 Å². The number of rotatable bonds is 5. The number of carbonyl (C=O) groups is 1. The van der Waals surface area contributed by atoms with Crippen molar-refractivity contribution in [1.82, 2.24) is 20.0 Å². The fraction of sp³-hybridized carbons (Fsp3) is 0.556. The molecular formula is C18H24N4O3. The number of amides is 1. The summed E-state index contributed by atoms with van der Waals surface area (Å²) in [6, 6.07) is 2.02. The number of furan rings is 1. The van der Waals surface area contributed by atoms with E-state index in [0.29, 0.717) is 23.9 Å². The van der Waals surface area contributed by atoms with Crippen molar-refractivity contribution in [3.63, 3.8) is 0 Å². The van der Waals surface area contributed by atoms with Gasteiger partial charge in [-0.05, 0) is 24.9 Å². The highest BCUT2D eigenvalue weighted by Gasteiger charge is 2.40. The maximum absolute atomic E-state index is 12.2. The van der Waals surface area contributed by atoms with Crippen LogP contribution in [0.4, 0.5) is 0 Å². The minimum Gasteiger partial charge on any atom is -0.472 e. The summed E-state index contributed by atoms with van der Waals surface area (Å²) >= 11 is 0. The first-order chi connectivity index (χ1) is 12.2. The van der Waals surface area contributed by atoms with Crippen molar-refractivity contribution in [2.75, 3.05) is 26.2 Å². The third kappa shape index (κ3) is 3.62. The van der Waals surface area contributed by atoms with Gasteiger partial charge in [0.2, 0.25) is 0 Å². The third-order valence-corrected chi connectivity index (χ3v) is 5.31. The molecule has 0 radical (unpaired) electrons. The summed E-state index contributed by atoms with van der Waals surface area (Å²) in [7, 11) is 1.80. The predicted molar refractivity (Wildman–Crippen MR) is 90.9 cm³/mol. The molecule has 0 aliphatic carbocycles. The van der Waals surface area contributed by atoms with Crippen molar-refractivity contribution in [2.45, 2.75) is 19.1 Å². The van der Waals surface area contributed by atoms with Crippen LogP contribution in [0.3, 0.4) is 0 Å². The van der Waals surface area contributed by atoms with Gasteiger partial charge in [-0.3, -0.25) is 14.4 Å². The quantitative estimate of drug-likeness (QED) is 0.885. The molecule has 1 amide bonds. The second kappa shape index (κ2) is 7.01. The lowest BCUT2D eigenvalue weighted by molar-refractivity contribution is 0.0677. The molecule has 7 nitrogen and oxygen atoms in total. The number of fused-ring (bicyclic) bond motifs is 1. The Kier molecular flexibility index (Phi) is 4.59. The normalized spacial score (nSPS) is 26.5. The minimum absolute atomic E-state index is 0.0813. The molecule has 2 aliphatic heterocycles. The number of hydrogen-bond donors (Lipinski definition) is 1. The van der Waals surface area contributed by atoms with Crippen LogP contribution < -0.4 is 5.32 Å². The molecule has 0 saturated carbocycles. The van der Waals surface area contributed by atoms with E-state index in [9.17, 15) is 4.79 Å². The van der Waals surface area contributed by atoms with E-state index in [1.807, 2.05) is 12.3 Å². The van der Waals surface area contributed by atoms with Crippen molar-refractivity contribution in [3.05, 3.63) is 42.1 Å². The first-order valence-corrected chi connectivity index (χ1v) is 8.81. The number of aryl methyl sites for hydroxylation is 1. The largest absolute Gasteiger partial charge is 0.472 e. The topological polar surface area (TPSA) is 72.5 Å². The smallest absolute Gasteiger partial charge is 0.254 e. The fourth-order valence-corrected chi connectivity index (χ4v) is 3.93. The number of piperidine rings is 1. The highest BCUT2D eigenvalue weighted by Crippen LogP contribution is 2.34. The summed E-state index contributed by atoms with van der Waals surface area (Å²) in [5.41, 5.74) is 1.79. The molecule has 2 aromatic heterocycles. The van der Waals surface area contributed by atoms with Gasteiger partial charge in [0.05, 0.1) is 37.0 Å². The molecule has 4 rings (SSSR count). The zero-order valence-electron chi connectivity index (χ0n) is 14.4. The van der Waals surface area contributed by atoms with Crippen LogP contribution in [0.15, 0.2) is 35.4 Å². The molecule has 3 atom stereocenters. The van der Waals surface area contributed by atoms with Crippen LogP contribution >= 0.6 is 0 Å². The van der Waals surface area contributed by atoms with E-state index in [4.69, 9.17) is 9.15 Å². The Morgan fingerprint density at radius 1 is 1.48 bits per heavy atom. The number of ether oxygens (including phenoxy) is 1. The molecule has 2 fully saturated rings. The number of aromatic nitrogens is 2. The number of carbonyl (C=O) groups excluding carboxylic acids is 1. The molecule has 0 aromatic carbocycles. The Morgan fingerprint density at radius 2 is 2.40 bits per heavy atom. The van der Waals surface area contributed by atoms with Gasteiger partial charge in [-0.2, -0.15) is 5.10 Å². The van der Waals surface area contributed by atoms with E-state index < -0.39 is 0 Å². The second-order valence-corrected chi connectivity index (χ2v) is 7.06. The fourth-order valence-electron chi connectivity index (χ4n) is 3.93. The molecule has 0 bridgehead atoms. The average Bonchev–Trinajstić information content (AvgIpc) is 3.34. The summed E-state index contributed by atoms with van der Waals surface area (Å²) in [6.45, 7) is 4.36. The van der Waals surface area contributed by atoms with Crippen molar-refractivity contribution in [3.8, 4) is 0 Å². The Hall–Kier alpha value is -2.12. The van der Waals surface area contributed by atoms with Gasteiger partial charge in [-0.25, -0.2) is 0 Å². The van der Waals surface area contributed by atoms with Gasteiger partial charge in [0.1, 0.15) is 0 Å². The van der Waals surface area contributed by atoms with Crippen molar-refractivity contribution in [2.24, 2.45) is 18.9 Å². The van der Waals surface area contributed by atoms with Gasteiger partial charge in [0.25, 0.3) is 5.91 Å². The lowest BCUT2D eigenvalue weighted by Gasteiger charge is -2.35. The van der Waals surface area contributed by atoms with Crippen LogP contribution in [0.25, 0.3) is 0 Å². The summed E-state index contributed by atoms with van der Waals surface area (Å²) in [5.74, 6) is 0.974. The van der Waals surface area contributed by atoms with Crippen molar-refractivity contribution in [1.29, 1.82) is 0 Å². The van der Waals surface area contributed by atoms with E-state index in [1.165, 1.54) is 5.56 Å². The van der Waals surface area contributed by atoms with Crippen LogP contribution in [-0.4, -0.2) is 52.9 Å². The first kappa shape index (κ1) is 16.4. The molecule has 0 unspecified atom stereocenters. The summed E-state index contributed by atoms with van der Waals surface area (Å²) < 4.78 is 12.8. The number of likely N-dealkylation sites (tertiary alicyclic amines) is 1. The van der Waals surface area contributed by atoms with E-state index in [2.05, 4.69) is 15.3 Å². The predicted octanol–water partition coefficient (Wildman–Crippen LogP) is 1.28. The van der Waals surface area contributed by atoms with Crippen LogP contribution in [0.5, 0.6) is 0 Å². The van der Waals surface area contributed by atoms with E-state index in [1.54, 1.807) is 30.4 Å². The molecule has 134 valence electrons. The molecular weight excluding hydrogens is 320 g/mol. The Labute approximate surface area is 146 Å².